The SMILES string of the molecule is Cc1ccc2c(N3CCNCC3)nc(C3/C=C\C/C=C\C(O)C3)nc2c1. The minimum absolute atomic E-state index is 0.0292. The van der Waals surface area contributed by atoms with Crippen molar-refractivity contribution in [3.05, 3.63) is 53.9 Å². The standard InChI is InChI=1S/C21H26N4O/c1-15-7-8-18-19(13-15)23-20(16-5-3-2-4-6-17(26)14-16)24-21(18)25-11-9-22-10-12-25/h3-8,13,16-17,22,26H,2,9-12,14H2,1H3/b5-3-,6-4-. The number of aryl methyl sites for hydroxylation is 1. The molecule has 1 aliphatic heterocycles. The van der Waals surface area contributed by atoms with Crippen molar-refractivity contribution in [1.29, 1.82) is 0 Å². The predicted molar refractivity (Wildman–Crippen MR) is 106 cm³/mol. The number of aliphatic hydroxyl groups excluding tert-OH is 1. The fraction of sp³-hybridized carbons (Fsp3) is 0.429. The lowest BCUT2D eigenvalue weighted by atomic mass is 9.97. The van der Waals surface area contributed by atoms with E-state index in [0.29, 0.717) is 6.42 Å². The molecule has 0 amide bonds. The average molecular weight is 350 g/mol. The smallest absolute Gasteiger partial charge is 0.140 e. The van der Waals surface area contributed by atoms with Gasteiger partial charge in [0, 0.05) is 37.5 Å². The average Bonchev–Trinajstić information content (AvgIpc) is 2.64. The molecule has 5 heteroatoms. The number of nitrogens with zero attached hydrogens (tertiary/aromatic N) is 3. The van der Waals surface area contributed by atoms with Gasteiger partial charge in [0.1, 0.15) is 11.6 Å². The van der Waals surface area contributed by atoms with E-state index in [0.717, 1.165) is 55.1 Å². The Hall–Kier alpha value is -2.24. The third kappa shape index (κ3) is 3.64. The first kappa shape index (κ1) is 17.2. The maximum atomic E-state index is 10.2. The van der Waals surface area contributed by atoms with Gasteiger partial charge in [0.05, 0.1) is 11.6 Å². The van der Waals surface area contributed by atoms with Crippen molar-refractivity contribution in [1.82, 2.24) is 15.3 Å². The Balaban J connectivity index is 1.80. The summed E-state index contributed by atoms with van der Waals surface area (Å²) in [4.78, 5) is 12.2. The topological polar surface area (TPSA) is 61.3 Å². The van der Waals surface area contributed by atoms with Crippen molar-refractivity contribution in [2.75, 3.05) is 31.1 Å². The number of anilines is 1. The Labute approximate surface area is 154 Å². The van der Waals surface area contributed by atoms with Crippen molar-refractivity contribution in [2.45, 2.75) is 31.8 Å². The van der Waals surface area contributed by atoms with Crippen LogP contribution in [0.25, 0.3) is 10.9 Å². The summed E-state index contributed by atoms with van der Waals surface area (Å²) in [5, 5.41) is 14.7. The molecule has 1 saturated heterocycles. The summed E-state index contributed by atoms with van der Waals surface area (Å²) in [6.07, 6.45) is 9.17. The summed E-state index contributed by atoms with van der Waals surface area (Å²) in [7, 11) is 0. The van der Waals surface area contributed by atoms with E-state index in [-0.39, 0.29) is 5.92 Å². The van der Waals surface area contributed by atoms with Crippen LogP contribution in [-0.4, -0.2) is 47.4 Å². The van der Waals surface area contributed by atoms with E-state index in [9.17, 15) is 5.11 Å². The Bertz CT molecular complexity index is 839. The van der Waals surface area contributed by atoms with Crippen LogP contribution in [0.5, 0.6) is 0 Å². The molecular formula is C21H26N4O. The summed E-state index contributed by atoms with van der Waals surface area (Å²) < 4.78 is 0. The van der Waals surface area contributed by atoms with Crippen molar-refractivity contribution in [3.63, 3.8) is 0 Å². The number of fused-ring (bicyclic) bond motifs is 1. The van der Waals surface area contributed by atoms with Crippen molar-refractivity contribution >= 4 is 16.7 Å². The third-order valence-corrected chi connectivity index (χ3v) is 5.09. The molecule has 2 atom stereocenters. The first-order valence-electron chi connectivity index (χ1n) is 9.46. The van der Waals surface area contributed by atoms with Crippen LogP contribution in [0.15, 0.2) is 42.5 Å². The van der Waals surface area contributed by atoms with Gasteiger partial charge < -0.3 is 15.3 Å². The number of aliphatic hydroxyl groups is 1. The second-order valence-electron chi connectivity index (χ2n) is 7.16. The Morgan fingerprint density at radius 3 is 2.77 bits per heavy atom. The highest BCUT2D eigenvalue weighted by molar-refractivity contribution is 5.90. The van der Waals surface area contributed by atoms with Crippen molar-refractivity contribution < 1.29 is 5.11 Å². The van der Waals surface area contributed by atoms with E-state index in [1.165, 1.54) is 5.56 Å². The molecule has 5 nitrogen and oxygen atoms in total. The normalized spacial score (nSPS) is 26.3. The zero-order chi connectivity index (χ0) is 17.9. The van der Waals surface area contributed by atoms with Crippen LogP contribution < -0.4 is 10.2 Å². The lowest BCUT2D eigenvalue weighted by Crippen LogP contribution is -2.44. The van der Waals surface area contributed by atoms with E-state index in [1.807, 2.05) is 12.2 Å². The van der Waals surface area contributed by atoms with Crippen LogP contribution in [0.4, 0.5) is 5.82 Å². The van der Waals surface area contributed by atoms with Gasteiger partial charge in [-0.05, 0) is 37.5 Å². The lowest BCUT2D eigenvalue weighted by molar-refractivity contribution is 0.206. The summed E-state index contributed by atoms with van der Waals surface area (Å²) >= 11 is 0. The molecular weight excluding hydrogens is 324 g/mol. The highest BCUT2D eigenvalue weighted by atomic mass is 16.3. The zero-order valence-electron chi connectivity index (χ0n) is 15.2. The van der Waals surface area contributed by atoms with Gasteiger partial charge in [-0.15, -0.1) is 0 Å². The largest absolute Gasteiger partial charge is 0.389 e. The monoisotopic (exact) mass is 350 g/mol. The molecule has 2 aromatic rings. The first-order valence-corrected chi connectivity index (χ1v) is 9.46. The number of hydrogen-bond acceptors (Lipinski definition) is 5. The molecule has 26 heavy (non-hydrogen) atoms. The Kier molecular flexibility index (Phi) is 5.00. The minimum Gasteiger partial charge on any atom is -0.389 e. The molecule has 2 unspecified atom stereocenters. The van der Waals surface area contributed by atoms with Crippen LogP contribution in [-0.2, 0) is 0 Å². The van der Waals surface area contributed by atoms with E-state index in [1.54, 1.807) is 0 Å². The summed E-state index contributed by atoms with van der Waals surface area (Å²) in [6.45, 7) is 5.94. The number of nitrogens with one attached hydrogen (secondary N) is 1. The fourth-order valence-corrected chi connectivity index (χ4v) is 3.69. The van der Waals surface area contributed by atoms with E-state index in [4.69, 9.17) is 9.97 Å². The van der Waals surface area contributed by atoms with Crippen LogP contribution in [0.2, 0.25) is 0 Å². The molecule has 0 saturated carbocycles. The van der Waals surface area contributed by atoms with Gasteiger partial charge in [-0.3, -0.25) is 0 Å². The highest BCUT2D eigenvalue weighted by Gasteiger charge is 2.21. The molecule has 4 rings (SSSR count). The number of allylic oxidation sites excluding steroid dienone is 3. The van der Waals surface area contributed by atoms with Crippen LogP contribution in [0, 0.1) is 6.92 Å². The quantitative estimate of drug-likeness (QED) is 0.816. The molecule has 136 valence electrons. The van der Waals surface area contributed by atoms with Crippen molar-refractivity contribution in [3.8, 4) is 0 Å². The van der Waals surface area contributed by atoms with Gasteiger partial charge in [0.2, 0.25) is 0 Å². The number of aromatic nitrogens is 2. The van der Waals surface area contributed by atoms with Gasteiger partial charge in [-0.25, -0.2) is 9.97 Å². The summed E-state index contributed by atoms with van der Waals surface area (Å²) in [5.41, 5.74) is 2.19. The fourth-order valence-electron chi connectivity index (χ4n) is 3.69. The summed E-state index contributed by atoms with van der Waals surface area (Å²) in [6, 6.07) is 6.40. The van der Waals surface area contributed by atoms with Gasteiger partial charge in [-0.1, -0.05) is 30.4 Å². The van der Waals surface area contributed by atoms with Crippen molar-refractivity contribution in [2.24, 2.45) is 0 Å². The molecule has 1 fully saturated rings. The molecule has 2 N–H and O–H groups in total. The number of rotatable bonds is 2. The number of benzene rings is 1. The van der Waals surface area contributed by atoms with E-state index in [2.05, 4.69) is 47.5 Å². The zero-order valence-corrected chi connectivity index (χ0v) is 15.2. The maximum absolute atomic E-state index is 10.2. The maximum Gasteiger partial charge on any atom is 0.140 e. The second-order valence-corrected chi connectivity index (χ2v) is 7.16. The number of piperazine rings is 1. The highest BCUT2D eigenvalue weighted by Crippen LogP contribution is 2.30. The van der Waals surface area contributed by atoms with Gasteiger partial charge in [-0.2, -0.15) is 0 Å². The lowest BCUT2D eigenvalue weighted by Gasteiger charge is -2.30. The van der Waals surface area contributed by atoms with Gasteiger partial charge in [0.15, 0.2) is 0 Å². The van der Waals surface area contributed by atoms with Crippen LogP contribution in [0.1, 0.15) is 30.1 Å². The molecule has 0 bridgehead atoms. The molecule has 1 aliphatic carbocycles. The second kappa shape index (κ2) is 7.56. The Morgan fingerprint density at radius 1 is 1.12 bits per heavy atom. The van der Waals surface area contributed by atoms with Gasteiger partial charge in [0.25, 0.3) is 0 Å². The van der Waals surface area contributed by atoms with Crippen LogP contribution >= 0.6 is 0 Å². The molecule has 2 aliphatic rings. The Morgan fingerprint density at radius 2 is 1.92 bits per heavy atom. The predicted octanol–water partition coefficient (Wildman–Crippen LogP) is 2.70. The van der Waals surface area contributed by atoms with Crippen LogP contribution in [0.3, 0.4) is 0 Å². The molecule has 0 spiro atoms. The number of hydrogen-bond donors (Lipinski definition) is 2. The molecule has 1 aromatic carbocycles. The van der Waals surface area contributed by atoms with E-state index >= 15 is 0 Å². The van der Waals surface area contributed by atoms with E-state index < -0.39 is 6.10 Å². The third-order valence-electron chi connectivity index (χ3n) is 5.09. The molecule has 2 heterocycles. The molecule has 0 radical (unpaired) electrons. The first-order chi connectivity index (χ1) is 12.7. The molecule has 1 aromatic heterocycles. The van der Waals surface area contributed by atoms with Gasteiger partial charge >= 0.3 is 0 Å². The minimum atomic E-state index is -0.454. The summed E-state index contributed by atoms with van der Waals surface area (Å²) in [5.74, 6) is 1.86.